The molecule has 0 fully saturated rings. The van der Waals surface area contributed by atoms with Crippen molar-refractivity contribution < 1.29 is 19.1 Å². The summed E-state index contributed by atoms with van der Waals surface area (Å²) in [5.74, 6) is -0.373. The Hall–Kier alpha value is -3.51. The van der Waals surface area contributed by atoms with Crippen LogP contribution >= 0.6 is 15.9 Å². The first-order valence-corrected chi connectivity index (χ1v) is 10.4. The Morgan fingerprint density at radius 1 is 1.06 bits per heavy atom. The third-order valence-electron chi connectivity index (χ3n) is 4.62. The van der Waals surface area contributed by atoms with Crippen molar-refractivity contribution in [2.75, 3.05) is 0 Å². The van der Waals surface area contributed by atoms with Gasteiger partial charge < -0.3 is 9.47 Å². The first-order valence-electron chi connectivity index (χ1n) is 9.62. The van der Waals surface area contributed by atoms with Gasteiger partial charge in [-0.05, 0) is 48.9 Å². The first-order chi connectivity index (χ1) is 15.0. The average Bonchev–Trinajstić information content (AvgIpc) is 3.09. The lowest BCUT2D eigenvalue weighted by molar-refractivity contribution is -0.130. The summed E-state index contributed by atoms with van der Waals surface area (Å²) in [7, 11) is 0. The molecule has 154 valence electrons. The summed E-state index contributed by atoms with van der Waals surface area (Å²) in [5, 5.41) is 0. The maximum absolute atomic E-state index is 12.5. The average molecular weight is 476 g/mol. The molecule has 0 aromatic heterocycles. The molecule has 0 amide bonds. The second kappa shape index (κ2) is 9.10. The summed E-state index contributed by atoms with van der Waals surface area (Å²) < 4.78 is 11.7. The van der Waals surface area contributed by atoms with E-state index in [1.165, 1.54) is 0 Å². The van der Waals surface area contributed by atoms with E-state index in [1.807, 2.05) is 49.4 Å². The zero-order valence-electron chi connectivity index (χ0n) is 16.7. The summed E-state index contributed by atoms with van der Waals surface area (Å²) in [6.07, 6.45) is 1.97. The highest BCUT2D eigenvalue weighted by Gasteiger charge is 2.24. The van der Waals surface area contributed by atoms with E-state index in [0.717, 1.165) is 15.6 Å². The normalized spacial score (nSPS) is 14.3. The largest absolute Gasteiger partial charge is 0.422 e. The third kappa shape index (κ3) is 5.16. The van der Waals surface area contributed by atoms with E-state index in [4.69, 9.17) is 9.47 Å². The predicted molar refractivity (Wildman–Crippen MR) is 122 cm³/mol. The van der Waals surface area contributed by atoms with E-state index in [2.05, 4.69) is 20.9 Å². The summed E-state index contributed by atoms with van der Waals surface area (Å²) in [5.41, 5.74) is 3.17. The molecule has 0 N–H and O–H groups in total. The molecule has 0 unspecified atom stereocenters. The number of hydrogen-bond donors (Lipinski definition) is 0. The van der Waals surface area contributed by atoms with E-state index in [-0.39, 0.29) is 5.70 Å². The van der Waals surface area contributed by atoms with Gasteiger partial charge in [0.15, 0.2) is 5.70 Å². The van der Waals surface area contributed by atoms with Gasteiger partial charge in [-0.2, -0.15) is 0 Å². The minimum Gasteiger partial charge on any atom is -0.422 e. The maximum Gasteiger partial charge on any atom is 0.363 e. The molecule has 0 saturated carbocycles. The van der Waals surface area contributed by atoms with Crippen LogP contribution in [0.4, 0.5) is 0 Å². The van der Waals surface area contributed by atoms with E-state index >= 15 is 0 Å². The van der Waals surface area contributed by atoms with Crippen molar-refractivity contribution in [3.05, 3.63) is 105 Å². The van der Waals surface area contributed by atoms with Crippen molar-refractivity contribution >= 4 is 39.8 Å². The fourth-order valence-electron chi connectivity index (χ4n) is 3.02. The molecule has 5 nitrogen and oxygen atoms in total. The maximum atomic E-state index is 12.5. The molecule has 0 atom stereocenters. The fourth-order valence-corrected chi connectivity index (χ4v) is 3.40. The number of rotatable bonds is 5. The zero-order chi connectivity index (χ0) is 21.8. The number of aliphatic imine (C=N–C) groups is 1. The van der Waals surface area contributed by atoms with E-state index in [1.54, 1.807) is 36.4 Å². The lowest BCUT2D eigenvalue weighted by atomic mass is 10.1. The van der Waals surface area contributed by atoms with E-state index < -0.39 is 11.9 Å². The predicted octanol–water partition coefficient (Wildman–Crippen LogP) is 5.52. The summed E-state index contributed by atoms with van der Waals surface area (Å²) >= 11 is 3.41. The van der Waals surface area contributed by atoms with Gasteiger partial charge >= 0.3 is 11.9 Å². The second-order valence-electron chi connectivity index (χ2n) is 7.02. The molecular weight excluding hydrogens is 458 g/mol. The Morgan fingerprint density at radius 3 is 2.55 bits per heavy atom. The van der Waals surface area contributed by atoms with Crippen LogP contribution in [0, 0.1) is 6.92 Å². The van der Waals surface area contributed by atoms with Gasteiger partial charge in [-0.1, -0.05) is 64.0 Å². The van der Waals surface area contributed by atoms with Gasteiger partial charge in [0.2, 0.25) is 5.90 Å². The van der Waals surface area contributed by atoms with Crippen LogP contribution in [0.3, 0.4) is 0 Å². The summed E-state index contributed by atoms with van der Waals surface area (Å²) in [4.78, 5) is 29.2. The number of carbonyl (C=O) groups excluding carboxylic acids is 2. The summed E-state index contributed by atoms with van der Waals surface area (Å²) in [6.45, 7) is 1.95. The minimum atomic E-state index is -0.540. The Bertz CT molecular complexity index is 1200. The van der Waals surface area contributed by atoms with Crippen molar-refractivity contribution in [2.45, 2.75) is 13.3 Å². The molecule has 6 heteroatoms. The van der Waals surface area contributed by atoms with Crippen LogP contribution in [-0.2, 0) is 16.0 Å². The number of halogens is 1. The Morgan fingerprint density at radius 2 is 1.81 bits per heavy atom. The fraction of sp³-hybridized carbons (Fsp3) is 0.0800. The molecule has 1 aliphatic rings. The number of carbonyl (C=O) groups is 2. The van der Waals surface area contributed by atoms with Crippen LogP contribution in [0.1, 0.15) is 27.0 Å². The zero-order valence-corrected chi connectivity index (χ0v) is 18.3. The van der Waals surface area contributed by atoms with Gasteiger partial charge in [-0.3, -0.25) is 0 Å². The second-order valence-corrected chi connectivity index (χ2v) is 7.94. The molecule has 1 heterocycles. The molecule has 1 aliphatic heterocycles. The third-order valence-corrected chi connectivity index (χ3v) is 5.11. The van der Waals surface area contributed by atoms with Crippen LogP contribution in [0.25, 0.3) is 6.08 Å². The molecule has 0 saturated heterocycles. The molecule has 3 aromatic carbocycles. The first kappa shape index (κ1) is 20.8. The van der Waals surface area contributed by atoms with Gasteiger partial charge in [-0.25, -0.2) is 14.6 Å². The molecule has 4 rings (SSSR count). The number of hydrogen-bond acceptors (Lipinski definition) is 5. The van der Waals surface area contributed by atoms with E-state index in [0.29, 0.717) is 29.2 Å². The molecule has 0 radical (unpaired) electrons. The number of benzene rings is 3. The van der Waals surface area contributed by atoms with Gasteiger partial charge in [0.05, 0.1) is 5.56 Å². The van der Waals surface area contributed by atoms with Crippen molar-refractivity contribution in [1.29, 1.82) is 0 Å². The highest BCUT2D eigenvalue weighted by molar-refractivity contribution is 9.10. The molecule has 0 spiro atoms. The highest BCUT2D eigenvalue weighted by Crippen LogP contribution is 2.28. The Balaban J connectivity index is 1.59. The van der Waals surface area contributed by atoms with Gasteiger partial charge in [-0.15, -0.1) is 0 Å². The SMILES string of the molecule is Cc1ccc(C(=O)Oc2ccc(Br)cc2/C=C2/N=C(Cc3ccccc3)OC2=O)cc1. The monoisotopic (exact) mass is 475 g/mol. The smallest absolute Gasteiger partial charge is 0.363 e. The number of ether oxygens (including phenoxy) is 2. The number of nitrogens with zero attached hydrogens (tertiary/aromatic N) is 1. The summed E-state index contributed by atoms with van der Waals surface area (Å²) in [6, 6.07) is 21.9. The molecule has 0 aliphatic carbocycles. The molecule has 3 aromatic rings. The van der Waals surface area contributed by atoms with Crippen LogP contribution < -0.4 is 4.74 Å². The van der Waals surface area contributed by atoms with Gasteiger partial charge in [0, 0.05) is 16.5 Å². The lowest BCUT2D eigenvalue weighted by Gasteiger charge is -2.08. The van der Waals surface area contributed by atoms with Crippen molar-refractivity contribution in [3.63, 3.8) is 0 Å². The number of aryl methyl sites for hydroxylation is 1. The standard InChI is InChI=1S/C25H18BrNO4/c1-16-7-9-18(10-8-16)24(28)30-22-12-11-20(26)14-19(22)15-21-25(29)31-23(27-21)13-17-5-3-2-4-6-17/h2-12,14-15H,13H2,1H3/b21-15+. The topological polar surface area (TPSA) is 65.0 Å². The quantitative estimate of drug-likeness (QED) is 0.277. The van der Waals surface area contributed by atoms with Crippen molar-refractivity contribution in [3.8, 4) is 5.75 Å². The number of esters is 2. The molecule has 31 heavy (non-hydrogen) atoms. The van der Waals surface area contributed by atoms with Crippen molar-refractivity contribution in [2.24, 2.45) is 4.99 Å². The Labute approximate surface area is 188 Å². The van der Waals surface area contributed by atoms with Crippen LogP contribution in [0.2, 0.25) is 0 Å². The van der Waals surface area contributed by atoms with Crippen LogP contribution in [0.15, 0.2) is 88.0 Å². The minimum absolute atomic E-state index is 0.150. The van der Waals surface area contributed by atoms with E-state index in [9.17, 15) is 9.59 Å². The number of cyclic esters (lactones) is 1. The Kier molecular flexibility index (Phi) is 6.09. The van der Waals surface area contributed by atoms with Gasteiger partial charge in [0.25, 0.3) is 0 Å². The molecular formula is C25H18BrNO4. The van der Waals surface area contributed by atoms with Crippen molar-refractivity contribution in [1.82, 2.24) is 0 Å². The lowest BCUT2D eigenvalue weighted by Crippen LogP contribution is -2.09. The van der Waals surface area contributed by atoms with Gasteiger partial charge in [0.1, 0.15) is 5.75 Å². The van der Waals surface area contributed by atoms with Crippen LogP contribution in [-0.4, -0.2) is 17.8 Å². The highest BCUT2D eigenvalue weighted by atomic mass is 79.9. The van der Waals surface area contributed by atoms with Crippen LogP contribution in [0.5, 0.6) is 5.75 Å². The molecule has 0 bridgehead atoms.